The number of amides is 4. The highest BCUT2D eigenvalue weighted by Crippen LogP contribution is 2.24. The third-order valence-corrected chi connectivity index (χ3v) is 5.95. The van der Waals surface area contributed by atoms with Crippen LogP contribution in [0.1, 0.15) is 25.0 Å². The molecule has 0 radical (unpaired) electrons. The lowest BCUT2D eigenvalue weighted by Gasteiger charge is -2.12. The fourth-order valence-corrected chi connectivity index (χ4v) is 4.02. The molecule has 0 atom stereocenters. The van der Waals surface area contributed by atoms with E-state index in [-0.39, 0.29) is 23.2 Å². The van der Waals surface area contributed by atoms with Crippen LogP contribution in [0.2, 0.25) is 0 Å². The summed E-state index contributed by atoms with van der Waals surface area (Å²) in [6.45, 7) is 2.70. The average Bonchev–Trinajstić information content (AvgIpc) is 2.98. The number of hydrogen-bond acceptors (Lipinski definition) is 4. The summed E-state index contributed by atoms with van der Waals surface area (Å²) in [5, 5.41) is 10.8. The van der Waals surface area contributed by atoms with Gasteiger partial charge in [0.2, 0.25) is 11.8 Å². The highest BCUT2D eigenvalue weighted by molar-refractivity contribution is 6.09. The first-order valence-corrected chi connectivity index (χ1v) is 13.2. The van der Waals surface area contributed by atoms with E-state index in [1.165, 1.54) is 13.8 Å². The van der Waals surface area contributed by atoms with Crippen molar-refractivity contribution in [3.05, 3.63) is 132 Å². The van der Waals surface area contributed by atoms with Gasteiger partial charge in [0, 0.05) is 25.2 Å². The van der Waals surface area contributed by atoms with Crippen molar-refractivity contribution >= 4 is 47.2 Å². The van der Waals surface area contributed by atoms with Gasteiger partial charge in [0.05, 0.1) is 0 Å². The summed E-state index contributed by atoms with van der Waals surface area (Å²) in [6, 6.07) is 33.0. The minimum atomic E-state index is -0.443. The summed E-state index contributed by atoms with van der Waals surface area (Å²) >= 11 is 0. The molecule has 0 unspecified atom stereocenters. The maximum atomic E-state index is 12.9. The first kappa shape index (κ1) is 29.2. The van der Waals surface area contributed by atoms with E-state index in [0.717, 1.165) is 22.3 Å². The van der Waals surface area contributed by atoms with Crippen LogP contribution in [0.15, 0.2) is 121 Å². The van der Waals surface area contributed by atoms with E-state index in [4.69, 9.17) is 0 Å². The Morgan fingerprint density at radius 3 is 1.12 bits per heavy atom. The van der Waals surface area contributed by atoms with Crippen LogP contribution in [0.4, 0.5) is 11.4 Å². The molecule has 8 nitrogen and oxygen atoms in total. The summed E-state index contributed by atoms with van der Waals surface area (Å²) in [5.41, 5.74) is 4.76. The quantitative estimate of drug-likeness (QED) is 0.201. The zero-order valence-corrected chi connectivity index (χ0v) is 23.2. The van der Waals surface area contributed by atoms with Gasteiger partial charge in [0.1, 0.15) is 11.4 Å². The van der Waals surface area contributed by atoms with Crippen molar-refractivity contribution in [2.75, 3.05) is 10.6 Å². The fourth-order valence-electron chi connectivity index (χ4n) is 4.02. The Labute approximate surface area is 244 Å². The largest absolute Gasteiger partial charge is 0.322 e. The van der Waals surface area contributed by atoms with Crippen LogP contribution in [-0.2, 0) is 19.2 Å². The van der Waals surface area contributed by atoms with Gasteiger partial charge in [-0.3, -0.25) is 19.2 Å². The maximum absolute atomic E-state index is 12.9. The average molecular weight is 559 g/mol. The number of hydrogen-bond donors (Lipinski definition) is 4. The van der Waals surface area contributed by atoms with E-state index < -0.39 is 11.8 Å². The number of anilines is 2. The van der Waals surface area contributed by atoms with Crippen LogP contribution in [0.5, 0.6) is 0 Å². The van der Waals surface area contributed by atoms with Gasteiger partial charge in [-0.1, -0.05) is 84.9 Å². The van der Waals surface area contributed by atoms with Crippen molar-refractivity contribution in [2.24, 2.45) is 0 Å². The summed E-state index contributed by atoms with van der Waals surface area (Å²) < 4.78 is 0. The molecule has 4 aromatic rings. The molecule has 210 valence electrons. The lowest BCUT2D eigenvalue weighted by Crippen LogP contribution is -2.28. The van der Waals surface area contributed by atoms with Gasteiger partial charge in [0.25, 0.3) is 11.8 Å². The molecule has 0 aromatic heterocycles. The molecule has 0 saturated carbocycles. The molecule has 4 N–H and O–H groups in total. The van der Waals surface area contributed by atoms with Gasteiger partial charge in [-0.2, -0.15) is 0 Å². The highest BCUT2D eigenvalue weighted by atomic mass is 16.2. The molecular weight excluding hydrogens is 528 g/mol. The Morgan fingerprint density at radius 1 is 0.476 bits per heavy atom. The normalized spacial score (nSPS) is 11.3. The second-order valence-electron chi connectivity index (χ2n) is 9.36. The first-order valence-electron chi connectivity index (χ1n) is 13.2. The predicted octanol–water partition coefficient (Wildman–Crippen LogP) is 5.59. The molecule has 0 aliphatic rings. The molecular formula is C34H30N4O4. The van der Waals surface area contributed by atoms with Crippen LogP contribution in [0, 0.1) is 0 Å². The van der Waals surface area contributed by atoms with E-state index in [0.29, 0.717) is 11.4 Å². The Hall–Kier alpha value is -5.76. The Bertz CT molecular complexity index is 1500. The fraction of sp³-hybridized carbons (Fsp3) is 0.0588. The Balaban J connectivity index is 1.42. The van der Waals surface area contributed by atoms with Crippen LogP contribution >= 0.6 is 0 Å². The summed E-state index contributed by atoms with van der Waals surface area (Å²) in [6.07, 6.45) is 3.23. The van der Waals surface area contributed by atoms with Crippen LogP contribution in [0.3, 0.4) is 0 Å². The zero-order valence-electron chi connectivity index (χ0n) is 23.2. The lowest BCUT2D eigenvalue weighted by molar-refractivity contribution is -0.120. The third-order valence-electron chi connectivity index (χ3n) is 5.95. The Morgan fingerprint density at radius 2 is 0.810 bits per heavy atom. The molecule has 4 amide bonds. The SMILES string of the molecule is CC(=O)N/C(=C/c1ccccc1)C(=O)Nc1ccc(-c2ccc(NC(=O)/C(=C\c3ccccc3)NC(C)=O)cc2)cc1. The predicted molar refractivity (Wildman–Crippen MR) is 166 cm³/mol. The lowest BCUT2D eigenvalue weighted by atomic mass is 10.0. The topological polar surface area (TPSA) is 116 Å². The van der Waals surface area contributed by atoms with Crippen molar-refractivity contribution in [3.8, 4) is 11.1 Å². The molecule has 0 bridgehead atoms. The molecule has 0 spiro atoms. The smallest absolute Gasteiger partial charge is 0.272 e. The summed E-state index contributed by atoms with van der Waals surface area (Å²) in [4.78, 5) is 49.1. The molecule has 8 heteroatoms. The van der Waals surface area contributed by atoms with Gasteiger partial charge in [-0.15, -0.1) is 0 Å². The molecule has 0 saturated heterocycles. The van der Waals surface area contributed by atoms with Crippen molar-refractivity contribution in [1.29, 1.82) is 0 Å². The number of rotatable bonds is 9. The minimum absolute atomic E-state index is 0.135. The molecule has 4 rings (SSSR count). The van der Waals surface area contributed by atoms with Crippen molar-refractivity contribution < 1.29 is 19.2 Å². The summed E-state index contributed by atoms with van der Waals surface area (Å²) in [7, 11) is 0. The molecule has 4 aromatic carbocycles. The monoisotopic (exact) mass is 558 g/mol. The van der Waals surface area contributed by atoms with Gasteiger partial charge in [-0.25, -0.2) is 0 Å². The van der Waals surface area contributed by atoms with Crippen molar-refractivity contribution in [1.82, 2.24) is 10.6 Å². The van der Waals surface area contributed by atoms with Gasteiger partial charge in [0.15, 0.2) is 0 Å². The molecule has 0 aliphatic heterocycles. The van der Waals surface area contributed by atoms with E-state index in [9.17, 15) is 19.2 Å². The van der Waals surface area contributed by atoms with Crippen molar-refractivity contribution in [2.45, 2.75) is 13.8 Å². The number of carbonyl (C=O) groups excluding carboxylic acids is 4. The van der Waals surface area contributed by atoms with Crippen molar-refractivity contribution in [3.63, 3.8) is 0 Å². The van der Waals surface area contributed by atoms with Gasteiger partial charge < -0.3 is 21.3 Å². The highest BCUT2D eigenvalue weighted by Gasteiger charge is 2.13. The first-order chi connectivity index (χ1) is 20.3. The van der Waals surface area contributed by atoms with Gasteiger partial charge in [-0.05, 0) is 58.7 Å². The van der Waals surface area contributed by atoms with E-state index in [2.05, 4.69) is 21.3 Å². The van der Waals surface area contributed by atoms with E-state index >= 15 is 0 Å². The minimum Gasteiger partial charge on any atom is -0.322 e. The second-order valence-corrected chi connectivity index (χ2v) is 9.36. The number of carbonyl (C=O) groups is 4. The molecule has 0 fully saturated rings. The maximum Gasteiger partial charge on any atom is 0.272 e. The standard InChI is InChI=1S/C34H30N4O4/c1-23(39)35-31(21-25-9-5-3-6-10-25)33(41)37-29-17-13-27(14-18-29)28-15-19-30(20-16-28)38-34(42)32(36-24(2)40)22-26-11-7-4-8-12-26/h3-22H,1-2H3,(H,35,39)(H,36,40)(H,37,41)(H,38,42)/b31-21+,32-22+. The second kappa shape index (κ2) is 14.0. The van der Waals surface area contributed by atoms with Crippen LogP contribution in [0.25, 0.3) is 23.3 Å². The molecule has 0 aliphatic carbocycles. The van der Waals surface area contributed by atoms with Crippen LogP contribution in [-0.4, -0.2) is 23.6 Å². The Kier molecular flexibility index (Phi) is 9.77. The molecule has 0 heterocycles. The summed E-state index contributed by atoms with van der Waals surface area (Å²) in [5.74, 6) is -1.58. The van der Waals surface area contributed by atoms with E-state index in [1.807, 2.05) is 84.9 Å². The van der Waals surface area contributed by atoms with E-state index in [1.54, 1.807) is 36.4 Å². The number of benzene rings is 4. The molecule has 42 heavy (non-hydrogen) atoms. The third kappa shape index (κ3) is 8.62. The number of nitrogens with one attached hydrogen (secondary N) is 4. The van der Waals surface area contributed by atoms with Gasteiger partial charge >= 0.3 is 0 Å². The zero-order chi connectivity index (χ0) is 29.9. The van der Waals surface area contributed by atoms with Crippen LogP contribution < -0.4 is 21.3 Å².